The van der Waals surface area contributed by atoms with Crippen LogP contribution in [0.15, 0.2) is 212 Å². The van der Waals surface area contributed by atoms with Crippen LogP contribution in [0.25, 0.3) is 66.6 Å². The van der Waals surface area contributed by atoms with Crippen molar-refractivity contribution in [2.45, 2.75) is 41.5 Å². The second-order valence-corrected chi connectivity index (χ2v) is 18.5. The van der Waals surface area contributed by atoms with Gasteiger partial charge in [0.15, 0.2) is 11.6 Å². The Morgan fingerprint density at radius 3 is 1.40 bits per heavy atom. The van der Waals surface area contributed by atoms with Crippen LogP contribution in [0, 0.1) is 41.5 Å². The van der Waals surface area contributed by atoms with Gasteiger partial charge in [0.1, 0.15) is 0 Å². The highest BCUT2D eigenvalue weighted by molar-refractivity contribution is 6.07. The number of benzene rings is 10. The van der Waals surface area contributed by atoms with Crippen molar-refractivity contribution in [2.24, 2.45) is 0 Å². The van der Waals surface area contributed by atoms with E-state index in [0.29, 0.717) is 17.6 Å². The van der Waals surface area contributed by atoms with Crippen LogP contribution < -0.4 is 9.80 Å². The molecule has 0 bridgehead atoms. The van der Waals surface area contributed by atoms with Crippen molar-refractivity contribution >= 4 is 55.9 Å². The Kier molecular flexibility index (Phi) is 11.6. The lowest BCUT2D eigenvalue weighted by Crippen LogP contribution is -2.18. The molecule has 0 N–H and O–H groups in total. The van der Waals surface area contributed by atoms with E-state index < -0.39 is 0 Å². The maximum Gasteiger partial charge on any atom is 0.238 e. The molecule has 0 amide bonds. The second-order valence-electron chi connectivity index (χ2n) is 18.5. The molecule has 0 radical (unpaired) electrons. The molecule has 5 heteroatoms. The summed E-state index contributed by atoms with van der Waals surface area (Å²) in [7, 11) is 0. The standard InChI is InChI=1S/C65H53N5/c1-42-38-44(3)61(45(4)39-42)70(62-46(5)40-43(2)41-47(62)6)54-35-33-53(34-36-54)69(58-37-32-49-22-16-17-29-56(49)60(58)51-23-12-8-13-24-51)65-67-63(52-25-14-9-15-26-52)66-64(68-65)57-31-19-28-50-27-18-30-55(59(50)57)48-20-10-7-11-21-48/h7-41H,1-6H3. The third kappa shape index (κ3) is 8.16. The van der Waals surface area contributed by atoms with Gasteiger partial charge in [-0.2, -0.15) is 9.97 Å². The van der Waals surface area contributed by atoms with Crippen LogP contribution in [0.3, 0.4) is 0 Å². The summed E-state index contributed by atoms with van der Waals surface area (Å²) in [6, 6.07) is 75.6. The maximum atomic E-state index is 5.59. The zero-order valence-electron chi connectivity index (χ0n) is 40.4. The first-order valence-corrected chi connectivity index (χ1v) is 24.0. The summed E-state index contributed by atoms with van der Waals surface area (Å²) in [5, 5.41) is 4.48. The van der Waals surface area contributed by atoms with E-state index in [1.165, 1.54) is 44.8 Å². The Bertz CT molecular complexity index is 3610. The lowest BCUT2D eigenvalue weighted by atomic mass is 9.94. The fourth-order valence-electron chi connectivity index (χ4n) is 10.6. The molecular formula is C65H53N5. The first kappa shape index (κ1) is 43.9. The molecule has 0 aliphatic carbocycles. The highest BCUT2D eigenvalue weighted by atomic mass is 15.3. The third-order valence-electron chi connectivity index (χ3n) is 13.4. The Balaban J connectivity index is 1.19. The molecule has 0 saturated carbocycles. The molecule has 0 atom stereocenters. The summed E-state index contributed by atoms with van der Waals surface area (Å²) >= 11 is 0. The quantitative estimate of drug-likeness (QED) is 0.137. The number of nitrogens with zero attached hydrogens (tertiary/aromatic N) is 5. The molecular weight excluding hydrogens is 851 g/mol. The van der Waals surface area contributed by atoms with E-state index in [2.05, 4.69) is 245 Å². The smallest absolute Gasteiger partial charge is 0.238 e. The van der Waals surface area contributed by atoms with Crippen molar-refractivity contribution in [3.63, 3.8) is 0 Å². The van der Waals surface area contributed by atoms with Crippen LogP contribution in [-0.2, 0) is 0 Å². The zero-order chi connectivity index (χ0) is 47.9. The van der Waals surface area contributed by atoms with Crippen molar-refractivity contribution in [3.05, 3.63) is 246 Å². The fraction of sp³-hybridized carbons (Fsp3) is 0.0923. The van der Waals surface area contributed by atoms with Gasteiger partial charge in [-0.15, -0.1) is 0 Å². The lowest BCUT2D eigenvalue weighted by Gasteiger charge is -2.32. The second kappa shape index (κ2) is 18.4. The summed E-state index contributed by atoms with van der Waals surface area (Å²) in [6.07, 6.45) is 0. The van der Waals surface area contributed by atoms with Crippen LogP contribution in [0.1, 0.15) is 33.4 Å². The molecule has 338 valence electrons. The molecule has 70 heavy (non-hydrogen) atoms. The van der Waals surface area contributed by atoms with E-state index >= 15 is 0 Å². The van der Waals surface area contributed by atoms with Crippen molar-refractivity contribution in [3.8, 4) is 45.0 Å². The van der Waals surface area contributed by atoms with E-state index in [1.807, 2.05) is 18.2 Å². The number of aromatic nitrogens is 3. The van der Waals surface area contributed by atoms with Gasteiger partial charge in [-0.1, -0.05) is 193 Å². The number of rotatable bonds is 10. The fourth-order valence-corrected chi connectivity index (χ4v) is 10.6. The Hall–Kier alpha value is -8.67. The van der Waals surface area contributed by atoms with Gasteiger partial charge in [0, 0.05) is 33.5 Å². The molecule has 1 aromatic heterocycles. The predicted octanol–water partition coefficient (Wildman–Crippen LogP) is 17.6. The summed E-state index contributed by atoms with van der Waals surface area (Å²) in [4.78, 5) is 21.1. The highest BCUT2D eigenvalue weighted by Gasteiger charge is 2.27. The average Bonchev–Trinajstić information content (AvgIpc) is 3.38. The summed E-state index contributed by atoms with van der Waals surface area (Å²) in [6.45, 7) is 13.3. The van der Waals surface area contributed by atoms with Gasteiger partial charge in [0.05, 0.1) is 17.1 Å². The van der Waals surface area contributed by atoms with Crippen molar-refractivity contribution in [1.82, 2.24) is 15.0 Å². The van der Waals surface area contributed by atoms with Gasteiger partial charge in [-0.25, -0.2) is 4.98 Å². The molecule has 0 aliphatic heterocycles. The SMILES string of the molecule is Cc1cc(C)c(N(c2ccc(N(c3nc(-c4ccccc4)nc(-c4cccc5cccc(-c6ccccc6)c45)n3)c3ccc4ccccc4c3-c3ccccc3)cc2)c2c(C)cc(C)cc2C)c(C)c1. The lowest BCUT2D eigenvalue weighted by molar-refractivity contribution is 1.02. The monoisotopic (exact) mass is 903 g/mol. The zero-order valence-corrected chi connectivity index (χ0v) is 40.4. The molecule has 0 aliphatic rings. The van der Waals surface area contributed by atoms with E-state index in [1.54, 1.807) is 0 Å². The molecule has 0 spiro atoms. The minimum atomic E-state index is 0.505. The van der Waals surface area contributed by atoms with E-state index in [0.717, 1.165) is 72.0 Å². The molecule has 5 nitrogen and oxygen atoms in total. The molecule has 0 fully saturated rings. The Labute approximate surface area is 411 Å². The minimum Gasteiger partial charge on any atom is -0.309 e. The third-order valence-corrected chi connectivity index (χ3v) is 13.4. The van der Waals surface area contributed by atoms with Gasteiger partial charge in [0.2, 0.25) is 5.95 Å². The van der Waals surface area contributed by atoms with Gasteiger partial charge in [-0.05, 0) is 127 Å². The number of anilines is 6. The van der Waals surface area contributed by atoms with Crippen molar-refractivity contribution in [2.75, 3.05) is 9.80 Å². The topological polar surface area (TPSA) is 45.2 Å². The van der Waals surface area contributed by atoms with Crippen molar-refractivity contribution in [1.29, 1.82) is 0 Å². The first-order chi connectivity index (χ1) is 34.2. The molecule has 11 aromatic rings. The largest absolute Gasteiger partial charge is 0.309 e. The van der Waals surface area contributed by atoms with Crippen LogP contribution in [0.2, 0.25) is 0 Å². The maximum absolute atomic E-state index is 5.59. The van der Waals surface area contributed by atoms with E-state index in [4.69, 9.17) is 15.0 Å². The molecule has 10 aromatic carbocycles. The van der Waals surface area contributed by atoms with E-state index in [9.17, 15) is 0 Å². The van der Waals surface area contributed by atoms with E-state index in [-0.39, 0.29) is 0 Å². The van der Waals surface area contributed by atoms with Gasteiger partial charge < -0.3 is 4.90 Å². The highest BCUT2D eigenvalue weighted by Crippen LogP contribution is 2.47. The van der Waals surface area contributed by atoms with Gasteiger partial charge >= 0.3 is 0 Å². The Morgan fingerprint density at radius 2 is 0.814 bits per heavy atom. The van der Waals surface area contributed by atoms with Crippen LogP contribution in [-0.4, -0.2) is 15.0 Å². The number of hydrogen-bond acceptors (Lipinski definition) is 5. The molecule has 11 rings (SSSR count). The number of fused-ring (bicyclic) bond motifs is 2. The van der Waals surface area contributed by atoms with Gasteiger partial charge in [-0.3, -0.25) is 4.90 Å². The van der Waals surface area contributed by atoms with Crippen molar-refractivity contribution < 1.29 is 0 Å². The minimum absolute atomic E-state index is 0.505. The van der Waals surface area contributed by atoms with Gasteiger partial charge in [0.25, 0.3) is 0 Å². The average molecular weight is 904 g/mol. The predicted molar refractivity (Wildman–Crippen MR) is 294 cm³/mol. The summed E-state index contributed by atoms with van der Waals surface area (Å²) < 4.78 is 0. The number of hydrogen-bond donors (Lipinski definition) is 0. The van der Waals surface area contributed by atoms with Crippen LogP contribution in [0.5, 0.6) is 0 Å². The number of aryl methyl sites for hydroxylation is 6. The first-order valence-electron chi connectivity index (χ1n) is 24.0. The molecule has 0 unspecified atom stereocenters. The van der Waals surface area contributed by atoms with Crippen LogP contribution >= 0.6 is 0 Å². The van der Waals surface area contributed by atoms with Crippen LogP contribution in [0.4, 0.5) is 34.4 Å². The summed E-state index contributed by atoms with van der Waals surface area (Å²) in [5.41, 5.74) is 18.9. The summed E-state index contributed by atoms with van der Waals surface area (Å²) in [5.74, 6) is 1.68. The molecule has 1 heterocycles. The Morgan fingerprint density at radius 1 is 0.343 bits per heavy atom. The normalized spacial score (nSPS) is 11.3. The molecule has 0 saturated heterocycles.